The molecule has 0 spiro atoms. The maximum Gasteiger partial charge on any atom is 2.00 e. The van der Waals surface area contributed by atoms with Gasteiger partial charge in [-0.3, -0.25) is 19.9 Å². The van der Waals surface area contributed by atoms with E-state index in [1.807, 2.05) is 39.8 Å². The molecule has 0 radical (unpaired) electrons. The third-order valence-corrected chi connectivity index (χ3v) is 16.6. The second kappa shape index (κ2) is 33.2. The summed E-state index contributed by atoms with van der Waals surface area (Å²) in [6.45, 7) is 7.35. The molecule has 0 unspecified atom stereocenters. The molecule has 0 aliphatic heterocycles. The number of hydrogen-bond acceptors (Lipinski definition) is 10. The van der Waals surface area contributed by atoms with E-state index >= 15 is 0 Å². The van der Waals surface area contributed by atoms with Crippen LogP contribution in [0.5, 0.6) is 0 Å². The van der Waals surface area contributed by atoms with E-state index in [1.54, 1.807) is 97.1 Å². The van der Waals surface area contributed by atoms with Gasteiger partial charge in [-0.15, -0.1) is 83.9 Å². The van der Waals surface area contributed by atoms with Gasteiger partial charge in [0.1, 0.15) is 47.6 Å². The summed E-state index contributed by atoms with van der Waals surface area (Å²) < 4.78 is 188. The van der Waals surface area contributed by atoms with Gasteiger partial charge in [0.15, 0.2) is 0 Å². The molecule has 10 aromatic heterocycles. The summed E-state index contributed by atoms with van der Waals surface area (Å²) >= 11 is 0. The van der Waals surface area contributed by atoms with Crippen molar-refractivity contribution in [3.63, 3.8) is 0 Å². The van der Waals surface area contributed by atoms with Crippen LogP contribution in [0.1, 0.15) is 105 Å². The predicted octanol–water partition coefficient (Wildman–Crippen LogP) is 18.9. The van der Waals surface area contributed by atoms with Gasteiger partial charge >= 0.3 is 75.5 Å². The van der Waals surface area contributed by atoms with Gasteiger partial charge in [-0.1, -0.05) is 139 Å². The van der Waals surface area contributed by atoms with E-state index in [4.69, 9.17) is 9.97 Å². The van der Waals surface area contributed by atoms with Crippen molar-refractivity contribution in [1.29, 1.82) is 0 Å². The van der Waals surface area contributed by atoms with Crippen LogP contribution in [0.15, 0.2) is 170 Å². The number of alkyl halides is 6. The first-order chi connectivity index (χ1) is 47.6. The molecule has 2 aromatic carbocycles. The number of pyridine rings is 10. The van der Waals surface area contributed by atoms with Gasteiger partial charge in [-0.25, -0.2) is 35.1 Å². The number of benzene rings is 2. The quantitative estimate of drug-likeness (QED) is 0.0662. The van der Waals surface area contributed by atoms with E-state index < -0.39 is 87.3 Å². The van der Waals surface area contributed by atoms with Crippen LogP contribution in [0.2, 0.25) is 0 Å². The average Bonchev–Trinajstić information content (AvgIpc) is 0.757. The van der Waals surface area contributed by atoms with Gasteiger partial charge in [0.25, 0.3) is 0 Å². The normalized spacial score (nSPS) is 12.8. The Morgan fingerprint density at radius 1 is 0.320 bits per heavy atom. The molecule has 12 aromatic rings. The maximum atomic E-state index is 14.3. The molecule has 10 nitrogen and oxygen atoms in total. The van der Waals surface area contributed by atoms with Crippen LogP contribution in [0.4, 0.5) is 61.5 Å². The zero-order valence-corrected chi connectivity index (χ0v) is 60.7. The molecule has 10 heterocycles. The molecule has 1 saturated carbocycles. The van der Waals surface area contributed by atoms with E-state index in [2.05, 4.69) is 76.3 Å². The van der Waals surface area contributed by atoms with Crippen molar-refractivity contribution in [3.05, 3.63) is 299 Å². The van der Waals surface area contributed by atoms with E-state index in [0.717, 1.165) is 80.6 Å². The SMILES string of the molecule is CC(C)(c1cccc(-c2[c-]cc(F)nc2F)n1)c1cccc(-c2[c-]cc(F)nc2F)n1.CC(C)(c1cccc(-c2[c-]ccc(C(F)(F)F)c2)n1)c1cccc(-c2[c-]ccc(C(F)(F)F)c2)n1.Fc1c[c-]c(-c2cccc(C3(c4cccc(-c5[c-]cc(F)nc5F)n4)CCCCC3)n2)c(F)n1.[Pt+2].[Pt+2].[Pt+2]. The summed E-state index contributed by atoms with van der Waals surface area (Å²) in [6.07, 6.45) is -4.61. The zero-order valence-electron chi connectivity index (χ0n) is 53.9. The van der Waals surface area contributed by atoms with Crippen molar-refractivity contribution in [3.8, 4) is 67.5 Å². The van der Waals surface area contributed by atoms with Crippen LogP contribution in [-0.4, -0.2) is 49.8 Å². The minimum Gasteiger partial charge on any atom is -0.300 e. The minimum atomic E-state index is -4.49. The third kappa shape index (κ3) is 18.3. The molecule has 103 heavy (non-hydrogen) atoms. The zero-order chi connectivity index (χ0) is 71.3. The summed E-state index contributed by atoms with van der Waals surface area (Å²) in [5.74, 6) is -7.87. The first kappa shape index (κ1) is 79.7. The van der Waals surface area contributed by atoms with Gasteiger partial charge in [0, 0.05) is 45.0 Å². The first-order valence-corrected chi connectivity index (χ1v) is 30.6. The standard InChI is InChI=1S/C27H18F6N2.C26H18F4N4.C23H14F4N4.3Pt/c1-25(2,23-13-5-11-21(34-23)17-7-3-9-19(15-17)26(28,29)30)24-14-6-12-22(35-24)18-8-4-10-20(16-18)27(31,32)33;27-22-12-10-16(24(29)33-22)18-6-4-8-20(31-18)26(14-2-1-3-15-26)21-9-5-7-19(32-21)17-11-13-23(28)34-25(17)30;1-23(2,17-7-3-5-15(28-17)13-9-11-19(24)30-21(13)26)18-8-4-6-16(29-18)14-10-12-20(25)31-22(14)27;;;/h3-6,9-16H,1-2H3;4-9,12-13H,1-3,14-15H2;3-8,11-12H,1-2H3;;;/q3*-2;3*+2. The Kier molecular flexibility index (Phi) is 25.7. The molecule has 13 rings (SSSR count). The van der Waals surface area contributed by atoms with Crippen LogP contribution in [0.25, 0.3) is 67.5 Å². The monoisotopic (exact) mass is 1950 g/mol. The van der Waals surface area contributed by atoms with Crippen LogP contribution < -0.4 is 0 Å². The summed E-state index contributed by atoms with van der Waals surface area (Å²) in [5, 5.41) is 0. The maximum absolute atomic E-state index is 14.3. The predicted molar refractivity (Wildman–Crippen MR) is 340 cm³/mol. The molecule has 1 aliphatic rings. The largest absolute Gasteiger partial charge is 2.00 e. The van der Waals surface area contributed by atoms with Crippen molar-refractivity contribution in [2.24, 2.45) is 0 Å². The second-order valence-electron chi connectivity index (χ2n) is 23.9. The summed E-state index contributed by atoms with van der Waals surface area (Å²) in [6, 6.07) is 56.2. The molecule has 0 atom stereocenters. The van der Waals surface area contributed by atoms with Gasteiger partial charge < -0.3 is 29.9 Å². The Balaban J connectivity index is 0.000000193. The van der Waals surface area contributed by atoms with Gasteiger partial charge in [0.2, 0.25) is 0 Å². The Morgan fingerprint density at radius 3 is 0.883 bits per heavy atom. The Bertz CT molecular complexity index is 4680. The summed E-state index contributed by atoms with van der Waals surface area (Å²) in [7, 11) is 0. The van der Waals surface area contributed by atoms with Crippen molar-refractivity contribution in [1.82, 2.24) is 49.8 Å². The summed E-state index contributed by atoms with van der Waals surface area (Å²) in [4.78, 5) is 40.4. The van der Waals surface area contributed by atoms with Gasteiger partial charge in [-0.2, -0.15) is 26.3 Å². The minimum absolute atomic E-state index is 0. The molecule has 0 bridgehead atoms. The fourth-order valence-electron chi connectivity index (χ4n) is 11.2. The molecule has 0 amide bonds. The van der Waals surface area contributed by atoms with Crippen molar-refractivity contribution in [2.45, 2.75) is 88.4 Å². The second-order valence-corrected chi connectivity index (χ2v) is 23.9. The van der Waals surface area contributed by atoms with Crippen molar-refractivity contribution >= 4 is 0 Å². The first-order valence-electron chi connectivity index (χ1n) is 30.6. The van der Waals surface area contributed by atoms with Crippen molar-refractivity contribution in [2.75, 3.05) is 0 Å². The number of rotatable bonds is 12. The van der Waals surface area contributed by atoms with Gasteiger partial charge in [-0.05, 0) is 122 Å². The van der Waals surface area contributed by atoms with E-state index in [1.165, 1.54) is 12.1 Å². The number of halogens is 14. The Labute approximate surface area is 625 Å². The number of nitrogens with zero attached hydrogens (tertiary/aromatic N) is 10. The van der Waals surface area contributed by atoms with Crippen LogP contribution >= 0.6 is 0 Å². The van der Waals surface area contributed by atoms with E-state index in [-0.39, 0.29) is 119 Å². The molecule has 532 valence electrons. The molecule has 0 N–H and O–H groups in total. The fourth-order valence-corrected chi connectivity index (χ4v) is 11.2. The van der Waals surface area contributed by atoms with Crippen molar-refractivity contribution < 1.29 is 125 Å². The summed E-state index contributed by atoms with van der Waals surface area (Å²) in [5.41, 5.74) is 1.55. The van der Waals surface area contributed by atoms with E-state index in [9.17, 15) is 61.5 Å². The van der Waals surface area contributed by atoms with Gasteiger partial charge in [0.05, 0.1) is 5.41 Å². The third-order valence-electron chi connectivity index (χ3n) is 16.6. The molecule has 27 heteroatoms. The average molecular weight is 1950 g/mol. The molecule has 0 saturated heterocycles. The van der Waals surface area contributed by atoms with E-state index in [0.29, 0.717) is 45.6 Å². The number of aromatic nitrogens is 10. The molecular weight excluding hydrogens is 1900 g/mol. The van der Waals surface area contributed by atoms with Crippen LogP contribution in [-0.2, 0) is 91.8 Å². The molecule has 1 fully saturated rings. The molecular formula is C76H50F14N10Pt3. The van der Waals surface area contributed by atoms with Crippen LogP contribution in [0, 0.1) is 84.0 Å². The topological polar surface area (TPSA) is 129 Å². The smallest absolute Gasteiger partial charge is 0.300 e. The number of hydrogen-bond donors (Lipinski definition) is 0. The Hall–Kier alpha value is -8.98. The van der Waals surface area contributed by atoms with Crippen LogP contribution in [0.3, 0.4) is 0 Å². The Morgan fingerprint density at radius 2 is 0.592 bits per heavy atom. The molecule has 1 aliphatic carbocycles. The fraction of sp³-hybridized carbons (Fsp3) is 0.184.